The summed E-state index contributed by atoms with van der Waals surface area (Å²) < 4.78 is 0. The van der Waals surface area contributed by atoms with E-state index in [1.54, 1.807) is 13.0 Å². The van der Waals surface area contributed by atoms with Crippen LogP contribution in [-0.2, 0) is 9.63 Å². The predicted octanol–water partition coefficient (Wildman–Crippen LogP) is 1.02. The van der Waals surface area contributed by atoms with E-state index in [2.05, 4.69) is 5.48 Å². The van der Waals surface area contributed by atoms with Crippen molar-refractivity contribution in [2.45, 2.75) is 26.9 Å². The van der Waals surface area contributed by atoms with Gasteiger partial charge in [-0.25, -0.2) is 5.48 Å². The number of nitrogens with one attached hydrogen (secondary N) is 1. The number of rotatable bonds is 3. The molecule has 0 saturated heterocycles. The van der Waals surface area contributed by atoms with Crippen molar-refractivity contribution in [3.63, 3.8) is 0 Å². The SMILES string of the molecule is CC=CC(=O)NOC(C)C. The van der Waals surface area contributed by atoms with E-state index >= 15 is 0 Å². The molecule has 0 aromatic heterocycles. The number of hydrogen-bond acceptors (Lipinski definition) is 2. The van der Waals surface area contributed by atoms with Gasteiger partial charge in [0.2, 0.25) is 0 Å². The van der Waals surface area contributed by atoms with Gasteiger partial charge in [0.05, 0.1) is 6.10 Å². The Morgan fingerprint density at radius 1 is 1.60 bits per heavy atom. The lowest BCUT2D eigenvalue weighted by atomic mass is 10.5. The van der Waals surface area contributed by atoms with E-state index in [9.17, 15) is 4.79 Å². The fourth-order valence-electron chi connectivity index (χ4n) is 0.361. The van der Waals surface area contributed by atoms with Gasteiger partial charge >= 0.3 is 0 Å². The standard InChI is InChI=1S/C7H13NO2/c1-4-5-7(9)8-10-6(2)3/h4-6H,1-3H3,(H,8,9). The molecule has 3 heteroatoms. The third-order valence-electron chi connectivity index (χ3n) is 0.713. The quantitative estimate of drug-likeness (QED) is 0.473. The summed E-state index contributed by atoms with van der Waals surface area (Å²) in [7, 11) is 0. The van der Waals surface area contributed by atoms with Gasteiger partial charge in [-0.1, -0.05) is 6.08 Å². The zero-order valence-corrected chi connectivity index (χ0v) is 6.55. The average molecular weight is 143 g/mol. The van der Waals surface area contributed by atoms with Crippen molar-refractivity contribution in [1.82, 2.24) is 5.48 Å². The molecule has 0 rings (SSSR count). The van der Waals surface area contributed by atoms with Crippen molar-refractivity contribution in [3.8, 4) is 0 Å². The number of amides is 1. The first-order valence-corrected chi connectivity index (χ1v) is 3.25. The van der Waals surface area contributed by atoms with Crippen molar-refractivity contribution < 1.29 is 9.63 Å². The van der Waals surface area contributed by atoms with Crippen LogP contribution in [0.5, 0.6) is 0 Å². The molecule has 0 aliphatic rings. The fraction of sp³-hybridized carbons (Fsp3) is 0.571. The molecule has 0 aromatic carbocycles. The molecule has 0 spiro atoms. The summed E-state index contributed by atoms with van der Waals surface area (Å²) in [5.74, 6) is -0.226. The summed E-state index contributed by atoms with van der Waals surface area (Å²) in [5, 5.41) is 0. The highest BCUT2D eigenvalue weighted by Crippen LogP contribution is 1.82. The van der Waals surface area contributed by atoms with Crippen LogP contribution in [0.15, 0.2) is 12.2 Å². The molecule has 0 aliphatic heterocycles. The summed E-state index contributed by atoms with van der Waals surface area (Å²) in [6.07, 6.45) is 3.08. The lowest BCUT2D eigenvalue weighted by Crippen LogP contribution is -2.24. The molecule has 1 amide bonds. The van der Waals surface area contributed by atoms with Gasteiger partial charge in [0.25, 0.3) is 5.91 Å². The summed E-state index contributed by atoms with van der Waals surface area (Å²) in [5.41, 5.74) is 2.26. The highest BCUT2D eigenvalue weighted by molar-refractivity contribution is 5.86. The zero-order valence-electron chi connectivity index (χ0n) is 6.55. The third-order valence-corrected chi connectivity index (χ3v) is 0.713. The largest absolute Gasteiger partial charge is 0.271 e. The molecule has 58 valence electrons. The minimum atomic E-state index is -0.226. The average Bonchev–Trinajstić information content (AvgIpc) is 1.85. The van der Waals surface area contributed by atoms with E-state index in [0.717, 1.165) is 0 Å². The Morgan fingerprint density at radius 3 is 2.60 bits per heavy atom. The number of carbonyl (C=O) groups excluding carboxylic acids is 1. The maximum atomic E-state index is 10.6. The first kappa shape index (κ1) is 9.17. The Morgan fingerprint density at radius 2 is 2.20 bits per heavy atom. The van der Waals surface area contributed by atoms with Crippen molar-refractivity contribution in [2.75, 3.05) is 0 Å². The maximum Gasteiger partial charge on any atom is 0.267 e. The molecule has 0 atom stereocenters. The van der Waals surface area contributed by atoms with E-state index in [0.29, 0.717) is 0 Å². The molecule has 0 radical (unpaired) electrons. The van der Waals surface area contributed by atoms with Crippen LogP contribution < -0.4 is 5.48 Å². The minimum Gasteiger partial charge on any atom is -0.271 e. The molecule has 10 heavy (non-hydrogen) atoms. The van der Waals surface area contributed by atoms with E-state index in [4.69, 9.17) is 4.84 Å². The molecular weight excluding hydrogens is 130 g/mol. The van der Waals surface area contributed by atoms with Crippen LogP contribution in [0, 0.1) is 0 Å². The van der Waals surface area contributed by atoms with Gasteiger partial charge in [0.15, 0.2) is 0 Å². The van der Waals surface area contributed by atoms with Gasteiger partial charge in [-0.3, -0.25) is 9.63 Å². The van der Waals surface area contributed by atoms with Gasteiger partial charge in [0.1, 0.15) is 0 Å². The van der Waals surface area contributed by atoms with Gasteiger partial charge in [-0.2, -0.15) is 0 Å². The maximum absolute atomic E-state index is 10.6. The van der Waals surface area contributed by atoms with Crippen LogP contribution in [0.2, 0.25) is 0 Å². The van der Waals surface area contributed by atoms with Crippen LogP contribution in [0.1, 0.15) is 20.8 Å². The Labute approximate surface area is 61.0 Å². The molecule has 1 N–H and O–H groups in total. The Balaban J connectivity index is 3.40. The molecule has 0 bridgehead atoms. The number of carbonyl (C=O) groups is 1. The Bertz CT molecular complexity index is 130. The number of hydrogen-bond donors (Lipinski definition) is 1. The number of hydroxylamine groups is 1. The van der Waals surface area contributed by atoms with Crippen LogP contribution in [-0.4, -0.2) is 12.0 Å². The van der Waals surface area contributed by atoms with E-state index in [-0.39, 0.29) is 12.0 Å². The van der Waals surface area contributed by atoms with Crippen LogP contribution in [0.3, 0.4) is 0 Å². The van der Waals surface area contributed by atoms with Crippen molar-refractivity contribution in [1.29, 1.82) is 0 Å². The van der Waals surface area contributed by atoms with Crippen LogP contribution >= 0.6 is 0 Å². The molecular formula is C7H13NO2. The number of allylic oxidation sites excluding steroid dienone is 1. The van der Waals surface area contributed by atoms with Gasteiger partial charge < -0.3 is 0 Å². The van der Waals surface area contributed by atoms with Crippen LogP contribution in [0.4, 0.5) is 0 Å². The highest BCUT2D eigenvalue weighted by Gasteiger charge is 1.95. The smallest absolute Gasteiger partial charge is 0.267 e. The first-order valence-electron chi connectivity index (χ1n) is 3.25. The first-order chi connectivity index (χ1) is 4.66. The summed E-state index contributed by atoms with van der Waals surface area (Å²) in [6.45, 7) is 5.46. The lowest BCUT2D eigenvalue weighted by Gasteiger charge is -2.04. The fourth-order valence-corrected chi connectivity index (χ4v) is 0.361. The lowest BCUT2D eigenvalue weighted by molar-refractivity contribution is -0.131. The molecule has 0 unspecified atom stereocenters. The van der Waals surface area contributed by atoms with E-state index in [1.165, 1.54) is 6.08 Å². The van der Waals surface area contributed by atoms with Crippen LogP contribution in [0.25, 0.3) is 0 Å². The molecule has 3 nitrogen and oxygen atoms in total. The monoisotopic (exact) mass is 143 g/mol. The Kier molecular flexibility index (Phi) is 4.58. The molecule has 0 heterocycles. The second-order valence-electron chi connectivity index (χ2n) is 2.13. The minimum absolute atomic E-state index is 0.0224. The summed E-state index contributed by atoms with van der Waals surface area (Å²) in [6, 6.07) is 0. The molecule has 0 aliphatic carbocycles. The predicted molar refractivity (Wildman–Crippen MR) is 39.2 cm³/mol. The third kappa shape index (κ3) is 5.31. The highest BCUT2D eigenvalue weighted by atomic mass is 16.7. The van der Waals surface area contributed by atoms with E-state index in [1.807, 2.05) is 13.8 Å². The van der Waals surface area contributed by atoms with Gasteiger partial charge in [-0.15, -0.1) is 0 Å². The summed E-state index contributed by atoms with van der Waals surface area (Å²) in [4.78, 5) is 15.4. The molecule has 0 aromatic rings. The van der Waals surface area contributed by atoms with Gasteiger partial charge in [-0.05, 0) is 20.8 Å². The van der Waals surface area contributed by atoms with Crippen molar-refractivity contribution >= 4 is 5.91 Å². The van der Waals surface area contributed by atoms with Crippen molar-refractivity contribution in [2.24, 2.45) is 0 Å². The second-order valence-corrected chi connectivity index (χ2v) is 2.13. The molecule has 0 saturated carbocycles. The van der Waals surface area contributed by atoms with E-state index < -0.39 is 0 Å². The van der Waals surface area contributed by atoms with Crippen molar-refractivity contribution in [3.05, 3.63) is 12.2 Å². The summed E-state index contributed by atoms with van der Waals surface area (Å²) >= 11 is 0. The Hall–Kier alpha value is -0.830. The normalized spacial score (nSPS) is 10.8. The van der Waals surface area contributed by atoms with Gasteiger partial charge in [0, 0.05) is 6.08 Å². The molecule has 0 fully saturated rings. The second kappa shape index (κ2) is 4.99. The topological polar surface area (TPSA) is 38.3 Å². The zero-order chi connectivity index (χ0) is 7.98.